The van der Waals surface area contributed by atoms with Crippen LogP contribution < -0.4 is 5.32 Å². The van der Waals surface area contributed by atoms with E-state index in [1.807, 2.05) is 0 Å². The fourth-order valence-electron chi connectivity index (χ4n) is 2.56. The first-order chi connectivity index (χ1) is 9.43. The number of esters is 1. The molecule has 7 heteroatoms. The molecule has 2 unspecified atom stereocenters. The Morgan fingerprint density at radius 1 is 1.29 bits per heavy atom. The molecule has 1 N–H and O–H groups in total. The molecule has 1 aromatic carbocycles. The van der Waals surface area contributed by atoms with E-state index in [2.05, 4.69) is 5.32 Å². The molecule has 1 fully saturated rings. The van der Waals surface area contributed by atoms with E-state index in [-0.39, 0.29) is 30.2 Å². The number of nitrogens with one attached hydrogen (secondary N) is 1. The molecule has 0 amide bonds. The minimum absolute atomic E-state index is 0. The number of benzene rings is 1. The molecule has 0 aliphatic carbocycles. The molecule has 0 radical (unpaired) electrons. The Labute approximate surface area is 127 Å². The first kappa shape index (κ1) is 17.8. The standard InChI is InChI=1S/C14H16F3NO2.ClH/c1-20-13(19)11-6-7-18-8-12(11)9-2-4-10(5-3-9)14(15,16)17;/h2-5,11-12,18H,6-8H2,1H3;1H. The monoisotopic (exact) mass is 323 g/mol. The van der Waals surface area contributed by atoms with Crippen LogP contribution in [0.2, 0.25) is 0 Å². The van der Waals surface area contributed by atoms with Crippen LogP contribution in [0.3, 0.4) is 0 Å². The summed E-state index contributed by atoms with van der Waals surface area (Å²) in [6.07, 6.45) is -3.72. The van der Waals surface area contributed by atoms with Crippen LogP contribution in [0.5, 0.6) is 0 Å². The lowest BCUT2D eigenvalue weighted by molar-refractivity contribution is -0.147. The predicted octanol–water partition coefficient (Wildman–Crippen LogP) is 2.99. The van der Waals surface area contributed by atoms with Gasteiger partial charge in [0.2, 0.25) is 0 Å². The molecule has 3 nitrogen and oxygen atoms in total. The molecule has 1 aromatic rings. The van der Waals surface area contributed by atoms with Gasteiger partial charge in [-0.25, -0.2) is 0 Å². The second-order valence-corrected chi connectivity index (χ2v) is 4.85. The molecular weight excluding hydrogens is 307 g/mol. The number of ether oxygens (including phenoxy) is 1. The topological polar surface area (TPSA) is 38.3 Å². The molecule has 0 bridgehead atoms. The van der Waals surface area contributed by atoms with E-state index < -0.39 is 11.7 Å². The lowest BCUT2D eigenvalue weighted by atomic mass is 9.81. The summed E-state index contributed by atoms with van der Waals surface area (Å²) in [4.78, 5) is 11.7. The van der Waals surface area contributed by atoms with Crippen LogP contribution >= 0.6 is 12.4 Å². The number of piperidine rings is 1. The zero-order valence-corrected chi connectivity index (χ0v) is 12.3. The molecule has 0 spiro atoms. The zero-order valence-electron chi connectivity index (χ0n) is 11.4. The normalized spacial score (nSPS) is 22.3. The summed E-state index contributed by atoms with van der Waals surface area (Å²) in [5.41, 5.74) is 0.0419. The summed E-state index contributed by atoms with van der Waals surface area (Å²) in [5, 5.41) is 3.16. The van der Waals surface area contributed by atoms with Crippen molar-refractivity contribution in [3.05, 3.63) is 35.4 Å². The number of hydrogen-bond acceptors (Lipinski definition) is 3. The van der Waals surface area contributed by atoms with Crippen molar-refractivity contribution in [3.63, 3.8) is 0 Å². The molecule has 1 saturated heterocycles. The third-order valence-corrected chi connectivity index (χ3v) is 3.65. The highest BCUT2D eigenvalue weighted by Crippen LogP contribution is 2.33. The van der Waals surface area contributed by atoms with E-state index in [0.717, 1.165) is 17.7 Å². The molecule has 1 aliphatic rings. The summed E-state index contributed by atoms with van der Waals surface area (Å²) in [6.45, 7) is 1.27. The summed E-state index contributed by atoms with van der Waals surface area (Å²) in [6, 6.07) is 4.99. The Kier molecular flexibility index (Phi) is 6.04. The molecule has 0 aromatic heterocycles. The fourth-order valence-corrected chi connectivity index (χ4v) is 2.56. The summed E-state index contributed by atoms with van der Waals surface area (Å²) < 4.78 is 42.4. The maximum absolute atomic E-state index is 12.5. The molecule has 1 heterocycles. The van der Waals surface area contributed by atoms with Gasteiger partial charge in [-0.3, -0.25) is 4.79 Å². The van der Waals surface area contributed by atoms with E-state index in [9.17, 15) is 18.0 Å². The van der Waals surface area contributed by atoms with E-state index in [1.54, 1.807) is 0 Å². The summed E-state index contributed by atoms with van der Waals surface area (Å²) >= 11 is 0. The maximum atomic E-state index is 12.5. The Bertz CT molecular complexity index is 476. The molecule has 0 saturated carbocycles. The molecular formula is C14H17ClF3NO2. The molecule has 2 atom stereocenters. The van der Waals surface area contributed by atoms with Gasteiger partial charge < -0.3 is 10.1 Å². The number of carbonyl (C=O) groups excluding carboxylic acids is 1. The van der Waals surface area contributed by atoms with Gasteiger partial charge in [-0.1, -0.05) is 12.1 Å². The average Bonchev–Trinajstić information content (AvgIpc) is 2.45. The van der Waals surface area contributed by atoms with Crippen LogP contribution in [-0.2, 0) is 15.7 Å². The van der Waals surface area contributed by atoms with Gasteiger partial charge in [0.15, 0.2) is 0 Å². The lowest BCUT2D eigenvalue weighted by Crippen LogP contribution is -2.39. The van der Waals surface area contributed by atoms with Crippen molar-refractivity contribution in [2.24, 2.45) is 5.92 Å². The number of halogens is 4. The molecule has 118 valence electrons. The molecule has 2 rings (SSSR count). The van der Waals surface area contributed by atoms with Gasteiger partial charge in [0.25, 0.3) is 0 Å². The van der Waals surface area contributed by atoms with Gasteiger partial charge in [0.05, 0.1) is 18.6 Å². The highest BCUT2D eigenvalue weighted by molar-refractivity contribution is 5.85. The summed E-state index contributed by atoms with van der Waals surface area (Å²) in [7, 11) is 1.33. The van der Waals surface area contributed by atoms with Gasteiger partial charge in [0, 0.05) is 12.5 Å². The molecule has 1 aliphatic heterocycles. The first-order valence-corrected chi connectivity index (χ1v) is 6.39. The Balaban J connectivity index is 0.00000220. The van der Waals surface area contributed by atoms with E-state index in [0.29, 0.717) is 19.5 Å². The fraction of sp³-hybridized carbons (Fsp3) is 0.500. The van der Waals surface area contributed by atoms with E-state index in [4.69, 9.17) is 4.74 Å². The Morgan fingerprint density at radius 3 is 2.43 bits per heavy atom. The van der Waals surface area contributed by atoms with Crippen LogP contribution in [0.1, 0.15) is 23.5 Å². The van der Waals surface area contributed by atoms with Crippen LogP contribution in [0, 0.1) is 5.92 Å². The Hall–Kier alpha value is -1.27. The van der Waals surface area contributed by atoms with Crippen molar-refractivity contribution in [1.29, 1.82) is 0 Å². The van der Waals surface area contributed by atoms with Gasteiger partial charge in [-0.05, 0) is 30.7 Å². The number of alkyl halides is 3. The quantitative estimate of drug-likeness (QED) is 0.850. The average molecular weight is 324 g/mol. The number of methoxy groups -OCH3 is 1. The second-order valence-electron chi connectivity index (χ2n) is 4.85. The van der Waals surface area contributed by atoms with Gasteiger partial charge in [0.1, 0.15) is 0 Å². The number of carbonyl (C=O) groups is 1. The predicted molar refractivity (Wildman–Crippen MR) is 74.4 cm³/mol. The van der Waals surface area contributed by atoms with Crippen molar-refractivity contribution in [3.8, 4) is 0 Å². The minimum Gasteiger partial charge on any atom is -0.469 e. The highest BCUT2D eigenvalue weighted by Gasteiger charge is 2.34. The lowest BCUT2D eigenvalue weighted by Gasteiger charge is -2.30. The van der Waals surface area contributed by atoms with E-state index >= 15 is 0 Å². The zero-order chi connectivity index (χ0) is 14.8. The van der Waals surface area contributed by atoms with Gasteiger partial charge >= 0.3 is 12.1 Å². The number of hydrogen-bond donors (Lipinski definition) is 1. The second kappa shape index (κ2) is 7.13. The number of rotatable bonds is 2. The van der Waals surface area contributed by atoms with Gasteiger partial charge in [-0.2, -0.15) is 13.2 Å². The van der Waals surface area contributed by atoms with Crippen LogP contribution in [0.15, 0.2) is 24.3 Å². The van der Waals surface area contributed by atoms with E-state index in [1.165, 1.54) is 19.2 Å². The Morgan fingerprint density at radius 2 is 1.90 bits per heavy atom. The minimum atomic E-state index is -4.34. The van der Waals surface area contributed by atoms with Crippen molar-refractivity contribution < 1.29 is 22.7 Å². The SMILES string of the molecule is COC(=O)C1CCNCC1c1ccc(C(F)(F)F)cc1.Cl. The van der Waals surface area contributed by atoms with Crippen LogP contribution in [0.4, 0.5) is 13.2 Å². The van der Waals surface area contributed by atoms with Gasteiger partial charge in [-0.15, -0.1) is 12.4 Å². The first-order valence-electron chi connectivity index (χ1n) is 6.39. The smallest absolute Gasteiger partial charge is 0.416 e. The van der Waals surface area contributed by atoms with Crippen molar-refractivity contribution in [2.45, 2.75) is 18.5 Å². The third-order valence-electron chi connectivity index (χ3n) is 3.65. The van der Waals surface area contributed by atoms with Crippen molar-refractivity contribution >= 4 is 18.4 Å². The van der Waals surface area contributed by atoms with Crippen LogP contribution in [-0.4, -0.2) is 26.2 Å². The van der Waals surface area contributed by atoms with Crippen molar-refractivity contribution in [1.82, 2.24) is 5.32 Å². The largest absolute Gasteiger partial charge is 0.469 e. The van der Waals surface area contributed by atoms with Crippen LogP contribution in [0.25, 0.3) is 0 Å². The maximum Gasteiger partial charge on any atom is 0.416 e. The molecule has 21 heavy (non-hydrogen) atoms. The summed E-state index contributed by atoms with van der Waals surface area (Å²) in [5.74, 6) is -0.770. The third kappa shape index (κ3) is 4.11. The highest BCUT2D eigenvalue weighted by atomic mass is 35.5. The van der Waals surface area contributed by atoms with Crippen molar-refractivity contribution in [2.75, 3.05) is 20.2 Å².